The van der Waals surface area contributed by atoms with Gasteiger partial charge in [0.1, 0.15) is 10.8 Å². The van der Waals surface area contributed by atoms with Crippen LogP contribution >= 0.6 is 11.6 Å². The minimum atomic E-state index is -0.606. The smallest absolute Gasteiger partial charge is 0.311 e. The number of ether oxygens (including phenoxy) is 3. The van der Waals surface area contributed by atoms with Crippen LogP contribution in [0.5, 0.6) is 5.75 Å². The molecule has 0 saturated heterocycles. The molecule has 0 N–H and O–H groups in total. The molecule has 116 valence electrons. The van der Waals surface area contributed by atoms with Crippen molar-refractivity contribution >= 4 is 23.3 Å². The Bertz CT molecular complexity index is 494. The maximum atomic E-state index is 11.6. The van der Waals surface area contributed by atoms with Crippen LogP contribution in [-0.2, 0) is 14.3 Å². The molecule has 0 aliphatic rings. The Labute approximate surface area is 126 Å². The standard InChI is InChI=1S/C13H16ClNO6/c1-19-7-8-20-6-2-3-13(16)21-10-4-5-12(15(17)18)11(14)9-10/h4-5,9H,2-3,6-8H2,1H3. The van der Waals surface area contributed by atoms with E-state index in [0.29, 0.717) is 26.2 Å². The van der Waals surface area contributed by atoms with Crippen molar-refractivity contribution in [2.45, 2.75) is 12.8 Å². The molecule has 0 heterocycles. The fourth-order valence-corrected chi connectivity index (χ4v) is 1.68. The van der Waals surface area contributed by atoms with Crippen LogP contribution in [0.1, 0.15) is 12.8 Å². The van der Waals surface area contributed by atoms with Gasteiger partial charge in [-0.25, -0.2) is 0 Å². The molecule has 8 heteroatoms. The summed E-state index contributed by atoms with van der Waals surface area (Å²) in [4.78, 5) is 21.5. The summed E-state index contributed by atoms with van der Waals surface area (Å²) < 4.78 is 15.0. The van der Waals surface area contributed by atoms with E-state index >= 15 is 0 Å². The topological polar surface area (TPSA) is 87.9 Å². The van der Waals surface area contributed by atoms with Crippen molar-refractivity contribution in [1.82, 2.24) is 0 Å². The van der Waals surface area contributed by atoms with Crippen molar-refractivity contribution in [3.8, 4) is 5.75 Å². The Balaban J connectivity index is 2.34. The molecule has 0 saturated carbocycles. The van der Waals surface area contributed by atoms with Gasteiger partial charge in [-0.05, 0) is 12.5 Å². The summed E-state index contributed by atoms with van der Waals surface area (Å²) in [5.41, 5.74) is -0.233. The summed E-state index contributed by atoms with van der Waals surface area (Å²) in [5.74, 6) is -0.272. The second-order valence-corrected chi connectivity index (χ2v) is 4.46. The molecule has 0 aliphatic carbocycles. The number of nitro groups is 1. The van der Waals surface area contributed by atoms with Crippen LogP contribution in [0, 0.1) is 10.1 Å². The summed E-state index contributed by atoms with van der Waals surface area (Å²) in [7, 11) is 1.58. The second-order valence-electron chi connectivity index (χ2n) is 4.05. The Morgan fingerprint density at radius 3 is 2.71 bits per heavy atom. The van der Waals surface area contributed by atoms with Gasteiger partial charge in [0.15, 0.2) is 0 Å². The summed E-state index contributed by atoms with van der Waals surface area (Å²) in [6, 6.07) is 3.77. The maximum absolute atomic E-state index is 11.6. The van der Waals surface area contributed by atoms with E-state index in [4.69, 9.17) is 25.8 Å². The third-order valence-electron chi connectivity index (χ3n) is 2.45. The molecule has 0 aliphatic heterocycles. The van der Waals surface area contributed by atoms with E-state index in [0.717, 1.165) is 0 Å². The number of carbonyl (C=O) groups is 1. The lowest BCUT2D eigenvalue weighted by Crippen LogP contribution is -2.10. The summed E-state index contributed by atoms with van der Waals surface area (Å²) in [6.07, 6.45) is 0.699. The minimum absolute atomic E-state index is 0.0757. The van der Waals surface area contributed by atoms with Gasteiger partial charge >= 0.3 is 5.97 Å². The molecule has 0 amide bonds. The second kappa shape index (κ2) is 9.28. The van der Waals surface area contributed by atoms with Crippen molar-refractivity contribution in [1.29, 1.82) is 0 Å². The van der Waals surface area contributed by atoms with Crippen LogP contribution in [-0.4, -0.2) is 37.8 Å². The number of rotatable bonds is 9. The Hall–Kier alpha value is -1.70. The van der Waals surface area contributed by atoms with Crippen LogP contribution in [0.2, 0.25) is 5.02 Å². The normalized spacial score (nSPS) is 10.4. The fourth-order valence-electron chi connectivity index (χ4n) is 1.44. The number of benzene rings is 1. The molecule has 21 heavy (non-hydrogen) atoms. The lowest BCUT2D eigenvalue weighted by atomic mass is 10.3. The number of hydrogen-bond acceptors (Lipinski definition) is 6. The number of nitro benzene ring substituents is 1. The van der Waals surface area contributed by atoms with Crippen molar-refractivity contribution < 1.29 is 23.9 Å². The molecule has 0 spiro atoms. The van der Waals surface area contributed by atoms with Crippen LogP contribution < -0.4 is 4.74 Å². The van der Waals surface area contributed by atoms with Gasteiger partial charge in [0.25, 0.3) is 5.69 Å². The largest absolute Gasteiger partial charge is 0.426 e. The number of nitrogens with zero attached hydrogens (tertiary/aromatic N) is 1. The van der Waals surface area contributed by atoms with Crippen LogP contribution in [0.25, 0.3) is 0 Å². The van der Waals surface area contributed by atoms with Gasteiger partial charge in [0.05, 0.1) is 18.1 Å². The maximum Gasteiger partial charge on any atom is 0.311 e. The molecule has 7 nitrogen and oxygen atoms in total. The number of hydrogen-bond donors (Lipinski definition) is 0. The van der Waals surface area contributed by atoms with Crippen LogP contribution in [0.4, 0.5) is 5.69 Å². The molecule has 0 fully saturated rings. The molecule has 0 bridgehead atoms. The highest BCUT2D eigenvalue weighted by molar-refractivity contribution is 6.32. The minimum Gasteiger partial charge on any atom is -0.426 e. The first kappa shape index (κ1) is 17.4. The van der Waals surface area contributed by atoms with E-state index < -0.39 is 10.9 Å². The van der Waals surface area contributed by atoms with E-state index in [9.17, 15) is 14.9 Å². The third-order valence-corrected chi connectivity index (χ3v) is 2.75. The highest BCUT2D eigenvalue weighted by atomic mass is 35.5. The number of esters is 1. The predicted molar refractivity (Wildman–Crippen MR) is 75.7 cm³/mol. The quantitative estimate of drug-likeness (QED) is 0.229. The Kier molecular flexibility index (Phi) is 7.66. The highest BCUT2D eigenvalue weighted by Crippen LogP contribution is 2.28. The van der Waals surface area contributed by atoms with Gasteiger partial charge < -0.3 is 14.2 Å². The summed E-state index contributed by atoms with van der Waals surface area (Å²) in [5, 5.41) is 10.5. The molecular weight excluding hydrogens is 302 g/mol. The van der Waals surface area contributed by atoms with Gasteiger partial charge in [0.2, 0.25) is 0 Å². The zero-order valence-electron chi connectivity index (χ0n) is 11.5. The van der Waals surface area contributed by atoms with Crippen molar-refractivity contribution in [3.63, 3.8) is 0 Å². The number of carbonyl (C=O) groups excluding carboxylic acids is 1. The third kappa shape index (κ3) is 6.52. The van der Waals surface area contributed by atoms with Gasteiger partial charge in [-0.1, -0.05) is 11.6 Å². The van der Waals surface area contributed by atoms with Gasteiger partial charge in [-0.3, -0.25) is 14.9 Å². The molecule has 0 atom stereocenters. The number of methoxy groups -OCH3 is 1. The molecule has 1 aromatic carbocycles. The van der Waals surface area contributed by atoms with E-state index in [1.165, 1.54) is 18.2 Å². The van der Waals surface area contributed by atoms with E-state index in [2.05, 4.69) is 0 Å². The fraction of sp³-hybridized carbons (Fsp3) is 0.462. The number of halogens is 1. The van der Waals surface area contributed by atoms with Crippen molar-refractivity contribution in [3.05, 3.63) is 33.3 Å². The first-order chi connectivity index (χ1) is 10.0. The summed E-state index contributed by atoms with van der Waals surface area (Å²) >= 11 is 5.72. The Morgan fingerprint density at radius 2 is 2.10 bits per heavy atom. The lowest BCUT2D eigenvalue weighted by molar-refractivity contribution is -0.384. The van der Waals surface area contributed by atoms with Gasteiger partial charge in [-0.2, -0.15) is 0 Å². The first-order valence-corrected chi connectivity index (χ1v) is 6.63. The molecule has 1 rings (SSSR count). The van der Waals surface area contributed by atoms with Crippen LogP contribution in [0.3, 0.4) is 0 Å². The van der Waals surface area contributed by atoms with E-state index in [1.807, 2.05) is 0 Å². The monoisotopic (exact) mass is 317 g/mol. The first-order valence-electron chi connectivity index (χ1n) is 6.26. The zero-order valence-corrected chi connectivity index (χ0v) is 12.3. The average Bonchev–Trinajstić information content (AvgIpc) is 2.42. The Morgan fingerprint density at radius 1 is 1.33 bits per heavy atom. The molecular formula is C13H16ClNO6. The van der Waals surface area contributed by atoms with Crippen molar-refractivity contribution in [2.24, 2.45) is 0 Å². The summed E-state index contributed by atoms with van der Waals surface area (Å²) in [6.45, 7) is 1.41. The van der Waals surface area contributed by atoms with E-state index in [-0.39, 0.29) is 22.9 Å². The average molecular weight is 318 g/mol. The SMILES string of the molecule is COCCOCCCC(=O)Oc1ccc([N+](=O)[O-])c(Cl)c1. The molecule has 1 aromatic rings. The molecule has 0 radical (unpaired) electrons. The highest BCUT2D eigenvalue weighted by Gasteiger charge is 2.14. The van der Waals surface area contributed by atoms with E-state index in [1.54, 1.807) is 7.11 Å². The van der Waals surface area contributed by atoms with Crippen molar-refractivity contribution in [2.75, 3.05) is 26.9 Å². The predicted octanol–water partition coefficient (Wildman–Crippen LogP) is 2.60. The molecule has 0 unspecified atom stereocenters. The van der Waals surface area contributed by atoms with Gasteiger partial charge in [0, 0.05) is 32.3 Å². The van der Waals surface area contributed by atoms with Crippen LogP contribution in [0.15, 0.2) is 18.2 Å². The molecule has 0 aromatic heterocycles. The van der Waals surface area contributed by atoms with Gasteiger partial charge in [-0.15, -0.1) is 0 Å². The lowest BCUT2D eigenvalue weighted by Gasteiger charge is -2.05. The zero-order chi connectivity index (χ0) is 15.7.